The molecule has 3 aliphatic rings. The van der Waals surface area contributed by atoms with Crippen molar-refractivity contribution in [1.82, 2.24) is 10.3 Å². The maximum Gasteiger partial charge on any atom is 0.338 e. The van der Waals surface area contributed by atoms with Gasteiger partial charge in [-0.25, -0.2) is 23.8 Å². The number of primary sulfonamides is 1. The molecule has 1 amide bonds. The van der Waals surface area contributed by atoms with Gasteiger partial charge in [-0.3, -0.25) is 4.79 Å². The third kappa shape index (κ3) is 6.79. The van der Waals surface area contributed by atoms with Crippen molar-refractivity contribution in [2.45, 2.75) is 43.1 Å². The van der Waals surface area contributed by atoms with Crippen molar-refractivity contribution in [3.05, 3.63) is 101 Å². The van der Waals surface area contributed by atoms with Crippen LogP contribution in [0.5, 0.6) is 0 Å². The first-order valence-corrected chi connectivity index (χ1v) is 15.9. The van der Waals surface area contributed by atoms with Crippen LogP contribution in [0.1, 0.15) is 48.0 Å². The minimum Gasteiger partial charge on any atom is -0.511 e. The van der Waals surface area contributed by atoms with Crippen molar-refractivity contribution in [3.8, 4) is 0 Å². The Hall–Kier alpha value is -4.06. The topological polar surface area (TPSA) is 151 Å². The molecule has 1 saturated heterocycles. The molecule has 0 bridgehead atoms. The zero-order chi connectivity index (χ0) is 30.6. The van der Waals surface area contributed by atoms with Gasteiger partial charge < -0.3 is 14.7 Å². The number of nitrogens with one attached hydrogen (secondary N) is 1. The average molecular weight is 605 g/mol. The van der Waals surface area contributed by atoms with Gasteiger partial charge in [0, 0.05) is 24.1 Å². The van der Waals surface area contributed by atoms with E-state index in [0.717, 1.165) is 37.9 Å². The van der Waals surface area contributed by atoms with Gasteiger partial charge in [0.25, 0.3) is 5.91 Å². The number of esters is 1. The number of nitrogens with two attached hydrogens (primary N) is 1. The van der Waals surface area contributed by atoms with Crippen molar-refractivity contribution in [2.75, 3.05) is 19.6 Å². The number of nitrogens with zero attached hydrogens (tertiary/aromatic N) is 2. The number of benzene rings is 2. The fourth-order valence-electron chi connectivity index (χ4n) is 6.05. The molecule has 2 heterocycles. The molecule has 2 aromatic carbocycles. The Kier molecular flexibility index (Phi) is 9.24. The van der Waals surface area contributed by atoms with E-state index in [0.29, 0.717) is 12.3 Å². The van der Waals surface area contributed by atoms with E-state index >= 15 is 0 Å². The lowest BCUT2D eigenvalue weighted by Crippen LogP contribution is -2.43. The minimum atomic E-state index is -4.15. The third-order valence-electron chi connectivity index (χ3n) is 8.22. The highest BCUT2D eigenvalue weighted by molar-refractivity contribution is 7.89. The van der Waals surface area contributed by atoms with Crippen LogP contribution in [0.4, 0.5) is 0 Å². The smallest absolute Gasteiger partial charge is 0.338 e. The average Bonchev–Trinajstić information content (AvgIpc) is 3.01. The van der Waals surface area contributed by atoms with E-state index in [-0.39, 0.29) is 21.8 Å². The highest BCUT2D eigenvalue weighted by Gasteiger charge is 2.43. The molecule has 1 aliphatic carbocycles. The van der Waals surface area contributed by atoms with E-state index in [1.54, 1.807) is 19.1 Å². The molecule has 0 radical (unpaired) electrons. The second kappa shape index (κ2) is 13.1. The molecule has 10 nitrogen and oxygen atoms in total. The number of hydrogen-bond donors (Lipinski definition) is 3. The van der Waals surface area contributed by atoms with Crippen LogP contribution < -0.4 is 10.6 Å². The molecule has 43 heavy (non-hydrogen) atoms. The Balaban J connectivity index is 1.57. The van der Waals surface area contributed by atoms with Gasteiger partial charge in [0.2, 0.25) is 10.0 Å². The highest BCUT2D eigenvalue weighted by Crippen LogP contribution is 2.42. The summed E-state index contributed by atoms with van der Waals surface area (Å²) in [4.78, 5) is 28.7. The number of carbonyl (C=O) groups excluding carboxylic acids is 2. The first-order valence-electron chi connectivity index (χ1n) is 14.4. The number of fused-ring (bicyclic) bond motifs is 1. The molecule has 11 heteroatoms. The SMILES string of the molecule is C/C(=N\NC(=O)c1ccccc1S(N)(=O)=O)C(CN1CCCCC1)C(C1=C(O)C2C=CC=CC2OC1=O)c1ccccc1. The molecule has 226 valence electrons. The number of likely N-dealkylation sites (tertiary alicyclic amines) is 1. The van der Waals surface area contributed by atoms with Crippen molar-refractivity contribution in [3.63, 3.8) is 0 Å². The zero-order valence-corrected chi connectivity index (χ0v) is 24.7. The van der Waals surface area contributed by atoms with E-state index in [2.05, 4.69) is 15.4 Å². The summed E-state index contributed by atoms with van der Waals surface area (Å²) in [7, 11) is -4.15. The fraction of sp³-hybridized carbons (Fsp3) is 0.344. The van der Waals surface area contributed by atoms with Gasteiger partial charge in [-0.2, -0.15) is 5.10 Å². The van der Waals surface area contributed by atoms with E-state index in [1.165, 1.54) is 24.3 Å². The van der Waals surface area contributed by atoms with Crippen LogP contribution in [0.3, 0.4) is 0 Å². The molecule has 2 aromatic rings. The molecule has 4 atom stereocenters. The van der Waals surface area contributed by atoms with Gasteiger partial charge >= 0.3 is 5.97 Å². The van der Waals surface area contributed by atoms with Gasteiger partial charge in [-0.05, 0) is 56.6 Å². The van der Waals surface area contributed by atoms with Gasteiger partial charge in [-0.1, -0.05) is 67.1 Å². The number of hydrogen-bond acceptors (Lipinski definition) is 8. The quantitative estimate of drug-likeness (QED) is 0.224. The van der Waals surface area contributed by atoms with E-state index in [4.69, 9.17) is 9.88 Å². The van der Waals surface area contributed by atoms with Crippen molar-refractivity contribution >= 4 is 27.6 Å². The molecule has 5 rings (SSSR count). The number of hydrazone groups is 1. The van der Waals surface area contributed by atoms with Gasteiger partial charge in [0.05, 0.1) is 21.9 Å². The van der Waals surface area contributed by atoms with Crippen molar-refractivity contribution in [1.29, 1.82) is 0 Å². The largest absolute Gasteiger partial charge is 0.511 e. The first-order chi connectivity index (χ1) is 20.6. The summed E-state index contributed by atoms with van der Waals surface area (Å²) in [5, 5.41) is 21.3. The zero-order valence-electron chi connectivity index (χ0n) is 23.9. The molecule has 1 fully saturated rings. The van der Waals surface area contributed by atoms with Crippen molar-refractivity contribution < 1.29 is 27.9 Å². The minimum absolute atomic E-state index is 0.0433. The maximum absolute atomic E-state index is 13.6. The molecule has 4 N–H and O–H groups in total. The Morgan fingerprint density at radius 1 is 1.07 bits per heavy atom. The second-order valence-electron chi connectivity index (χ2n) is 11.1. The van der Waals surface area contributed by atoms with Crippen LogP contribution in [0.25, 0.3) is 0 Å². The summed E-state index contributed by atoms with van der Waals surface area (Å²) < 4.78 is 30.0. The van der Waals surface area contributed by atoms with Crippen LogP contribution in [-0.2, 0) is 19.6 Å². The summed E-state index contributed by atoms with van der Waals surface area (Å²) in [5.74, 6) is -3.00. The lowest BCUT2D eigenvalue weighted by molar-refractivity contribution is -0.146. The fourth-order valence-corrected chi connectivity index (χ4v) is 6.78. The predicted octanol–water partition coefficient (Wildman–Crippen LogP) is 3.81. The number of aliphatic hydroxyl groups excluding tert-OH is 1. The van der Waals surface area contributed by atoms with Crippen molar-refractivity contribution in [2.24, 2.45) is 22.1 Å². The van der Waals surface area contributed by atoms with Crippen LogP contribution >= 0.6 is 0 Å². The number of carbonyl (C=O) groups is 2. The summed E-state index contributed by atoms with van der Waals surface area (Å²) in [6.07, 6.45) is 9.79. The molecule has 4 unspecified atom stereocenters. The predicted molar refractivity (Wildman–Crippen MR) is 163 cm³/mol. The Morgan fingerprint density at radius 2 is 1.74 bits per heavy atom. The summed E-state index contributed by atoms with van der Waals surface area (Å²) in [6.45, 7) is 4.00. The molecule has 0 aromatic heterocycles. The van der Waals surface area contributed by atoms with Crippen LogP contribution in [0.15, 0.2) is 100 Å². The van der Waals surface area contributed by atoms with Crippen LogP contribution in [-0.4, -0.2) is 61.8 Å². The first kappa shape index (κ1) is 30.4. The van der Waals surface area contributed by atoms with E-state index < -0.39 is 45.8 Å². The molecule has 0 spiro atoms. The molecule has 0 saturated carbocycles. The number of rotatable bonds is 9. The number of amides is 1. The lowest BCUT2D eigenvalue weighted by Gasteiger charge is -2.38. The van der Waals surface area contributed by atoms with E-state index in [1.807, 2.05) is 42.5 Å². The summed E-state index contributed by atoms with van der Waals surface area (Å²) in [6, 6.07) is 15.1. The maximum atomic E-state index is 13.6. The van der Waals surface area contributed by atoms with Gasteiger partial charge in [-0.15, -0.1) is 0 Å². The monoisotopic (exact) mass is 604 g/mol. The third-order valence-corrected chi connectivity index (χ3v) is 9.19. The molecular formula is C32H36N4O6S. The summed E-state index contributed by atoms with van der Waals surface area (Å²) in [5.41, 5.74) is 3.82. The number of aliphatic hydroxyl groups is 1. The highest BCUT2D eigenvalue weighted by atomic mass is 32.2. The number of sulfonamides is 1. The second-order valence-corrected chi connectivity index (χ2v) is 12.6. The standard InChI is InChI=1S/C32H36N4O6S/c1-21(34-35-31(38)24-15-7-9-17-27(24)43(33,40)41)25(20-36-18-10-3-11-19-36)28(22-12-4-2-5-13-22)29-30(37)23-14-6-8-16-26(23)42-32(29)39/h2,4-9,12-17,23,25-26,28,37H,3,10-11,18-20H2,1H3,(H,35,38)(H2,33,40,41)/b34-21+. The number of allylic oxidation sites excluding steroid dienone is 2. The Bertz CT molecular complexity index is 1590. The normalized spacial score (nSPS) is 22.5. The summed E-state index contributed by atoms with van der Waals surface area (Å²) >= 11 is 0. The molecule has 2 aliphatic heterocycles. The van der Waals surface area contributed by atoms with Gasteiger partial charge in [0.15, 0.2) is 0 Å². The molecular weight excluding hydrogens is 568 g/mol. The lowest BCUT2D eigenvalue weighted by atomic mass is 9.74. The van der Waals surface area contributed by atoms with Gasteiger partial charge in [0.1, 0.15) is 11.9 Å². The number of ether oxygens (including phenoxy) is 1. The Morgan fingerprint density at radius 3 is 2.47 bits per heavy atom. The van der Waals surface area contributed by atoms with Crippen LogP contribution in [0, 0.1) is 11.8 Å². The number of piperidine rings is 1. The Labute approximate surface area is 251 Å². The van der Waals surface area contributed by atoms with E-state index in [9.17, 15) is 23.1 Å². The van der Waals surface area contributed by atoms with Crippen LogP contribution in [0.2, 0.25) is 0 Å².